The van der Waals surface area contributed by atoms with Crippen molar-refractivity contribution in [3.63, 3.8) is 0 Å². The fraction of sp³-hybridized carbons (Fsp3) is 0.444. The van der Waals surface area contributed by atoms with Gasteiger partial charge in [0.15, 0.2) is 0 Å². The van der Waals surface area contributed by atoms with E-state index in [1.165, 1.54) is 6.26 Å². The number of rotatable bonds is 8. The van der Waals surface area contributed by atoms with Crippen molar-refractivity contribution in [2.45, 2.75) is 26.7 Å². The summed E-state index contributed by atoms with van der Waals surface area (Å²) in [5.74, 6) is 1.37. The highest BCUT2D eigenvalue weighted by Gasteiger charge is 2.12. The van der Waals surface area contributed by atoms with Gasteiger partial charge in [0.2, 0.25) is 5.89 Å². The summed E-state index contributed by atoms with van der Waals surface area (Å²) in [6, 6.07) is 7.05. The number of aromatic nitrogens is 1. The summed E-state index contributed by atoms with van der Waals surface area (Å²) in [5.41, 5.74) is 1.55. The Bertz CT molecular complexity index is 609. The lowest BCUT2D eigenvalue weighted by atomic mass is 9.94. The number of urea groups is 1. The zero-order chi connectivity index (χ0) is 17.4. The maximum atomic E-state index is 12.0. The first kappa shape index (κ1) is 18.0. The van der Waals surface area contributed by atoms with Gasteiger partial charge in [0.25, 0.3) is 0 Å². The molecule has 3 N–H and O–H groups in total. The highest BCUT2D eigenvalue weighted by Crippen LogP contribution is 2.19. The van der Waals surface area contributed by atoms with E-state index in [9.17, 15) is 4.79 Å². The SMILES string of the molecule is CC(C)CC(CCO)CNC(=O)Nc1ccc(-c2ncco2)cc1. The number of aliphatic hydroxyl groups is 1. The Morgan fingerprint density at radius 1 is 1.29 bits per heavy atom. The molecule has 1 heterocycles. The molecule has 2 rings (SSSR count). The summed E-state index contributed by atoms with van der Waals surface area (Å²) >= 11 is 0. The zero-order valence-corrected chi connectivity index (χ0v) is 14.2. The van der Waals surface area contributed by atoms with Crippen molar-refractivity contribution in [2.75, 3.05) is 18.5 Å². The largest absolute Gasteiger partial charge is 0.445 e. The van der Waals surface area contributed by atoms with Crippen LogP contribution in [-0.4, -0.2) is 29.3 Å². The molecule has 6 heteroatoms. The van der Waals surface area contributed by atoms with Crippen LogP contribution in [-0.2, 0) is 0 Å². The summed E-state index contributed by atoms with van der Waals surface area (Å²) in [5, 5.41) is 14.8. The Balaban J connectivity index is 1.83. The third kappa shape index (κ3) is 5.70. The molecule has 0 saturated carbocycles. The average Bonchev–Trinajstić information content (AvgIpc) is 3.07. The molecule has 0 aliphatic carbocycles. The molecule has 2 amide bonds. The number of oxazole rings is 1. The second kappa shape index (κ2) is 9.08. The van der Waals surface area contributed by atoms with E-state index in [-0.39, 0.29) is 18.6 Å². The van der Waals surface area contributed by atoms with Gasteiger partial charge in [0.05, 0.1) is 6.20 Å². The number of nitrogens with one attached hydrogen (secondary N) is 2. The fourth-order valence-corrected chi connectivity index (χ4v) is 2.63. The number of aliphatic hydroxyl groups excluding tert-OH is 1. The van der Waals surface area contributed by atoms with Crippen molar-refractivity contribution >= 4 is 11.7 Å². The monoisotopic (exact) mass is 331 g/mol. The molecule has 2 aromatic rings. The highest BCUT2D eigenvalue weighted by atomic mass is 16.3. The predicted octanol–water partition coefficient (Wildman–Crippen LogP) is 3.51. The van der Waals surface area contributed by atoms with Gasteiger partial charge in [-0.25, -0.2) is 9.78 Å². The van der Waals surface area contributed by atoms with E-state index >= 15 is 0 Å². The predicted molar refractivity (Wildman–Crippen MR) is 93.6 cm³/mol. The third-order valence-electron chi connectivity index (χ3n) is 3.72. The number of anilines is 1. The Morgan fingerprint density at radius 3 is 2.62 bits per heavy atom. The van der Waals surface area contributed by atoms with E-state index in [0.717, 1.165) is 12.0 Å². The average molecular weight is 331 g/mol. The van der Waals surface area contributed by atoms with Crippen molar-refractivity contribution in [3.05, 3.63) is 36.7 Å². The fourth-order valence-electron chi connectivity index (χ4n) is 2.63. The van der Waals surface area contributed by atoms with Crippen LogP contribution < -0.4 is 10.6 Å². The quantitative estimate of drug-likeness (QED) is 0.691. The van der Waals surface area contributed by atoms with Crippen LogP contribution in [0.4, 0.5) is 10.5 Å². The van der Waals surface area contributed by atoms with Crippen molar-refractivity contribution in [3.8, 4) is 11.5 Å². The van der Waals surface area contributed by atoms with Gasteiger partial charge in [-0.05, 0) is 48.9 Å². The van der Waals surface area contributed by atoms with Gasteiger partial charge in [0.1, 0.15) is 6.26 Å². The number of amides is 2. The summed E-state index contributed by atoms with van der Waals surface area (Å²) in [6.45, 7) is 4.97. The smallest absolute Gasteiger partial charge is 0.319 e. The van der Waals surface area contributed by atoms with Crippen LogP contribution in [0.15, 0.2) is 41.1 Å². The highest BCUT2D eigenvalue weighted by molar-refractivity contribution is 5.89. The molecule has 0 fully saturated rings. The lowest BCUT2D eigenvalue weighted by molar-refractivity contribution is 0.231. The van der Waals surface area contributed by atoms with Crippen molar-refractivity contribution in [1.29, 1.82) is 0 Å². The Morgan fingerprint density at radius 2 is 2.04 bits per heavy atom. The normalized spacial score (nSPS) is 12.2. The van der Waals surface area contributed by atoms with Crippen LogP contribution in [0.5, 0.6) is 0 Å². The second-order valence-electron chi connectivity index (χ2n) is 6.26. The van der Waals surface area contributed by atoms with Crippen LogP contribution in [0.25, 0.3) is 11.5 Å². The van der Waals surface area contributed by atoms with Crippen LogP contribution >= 0.6 is 0 Å². The van der Waals surface area contributed by atoms with Crippen LogP contribution in [0.3, 0.4) is 0 Å². The zero-order valence-electron chi connectivity index (χ0n) is 14.2. The number of hydrogen-bond acceptors (Lipinski definition) is 4. The van der Waals surface area contributed by atoms with E-state index in [1.807, 2.05) is 12.1 Å². The van der Waals surface area contributed by atoms with Crippen molar-refractivity contribution < 1.29 is 14.3 Å². The molecule has 1 aromatic heterocycles. The van der Waals surface area contributed by atoms with Gasteiger partial charge in [0, 0.05) is 24.4 Å². The maximum Gasteiger partial charge on any atom is 0.319 e. The summed E-state index contributed by atoms with van der Waals surface area (Å²) < 4.78 is 5.23. The minimum Gasteiger partial charge on any atom is -0.445 e. The number of benzene rings is 1. The Kier molecular flexibility index (Phi) is 6.81. The number of hydrogen-bond donors (Lipinski definition) is 3. The first-order valence-electron chi connectivity index (χ1n) is 8.24. The van der Waals surface area contributed by atoms with Crippen LogP contribution in [0.1, 0.15) is 26.7 Å². The number of carbonyl (C=O) groups is 1. The van der Waals surface area contributed by atoms with E-state index in [2.05, 4.69) is 29.5 Å². The third-order valence-corrected chi connectivity index (χ3v) is 3.72. The van der Waals surface area contributed by atoms with Crippen molar-refractivity contribution in [2.24, 2.45) is 11.8 Å². The molecule has 1 unspecified atom stereocenters. The second-order valence-corrected chi connectivity index (χ2v) is 6.26. The molecule has 6 nitrogen and oxygen atoms in total. The summed E-state index contributed by atoms with van der Waals surface area (Å²) in [4.78, 5) is 16.1. The van der Waals surface area contributed by atoms with Gasteiger partial charge in [-0.2, -0.15) is 0 Å². The number of nitrogens with zero attached hydrogens (tertiary/aromatic N) is 1. The molecular formula is C18H25N3O3. The van der Waals surface area contributed by atoms with Gasteiger partial charge >= 0.3 is 6.03 Å². The topological polar surface area (TPSA) is 87.4 Å². The first-order valence-corrected chi connectivity index (χ1v) is 8.24. The Labute approximate surface area is 142 Å². The molecule has 0 spiro atoms. The van der Waals surface area contributed by atoms with E-state index in [4.69, 9.17) is 9.52 Å². The van der Waals surface area contributed by atoms with Gasteiger partial charge in [-0.1, -0.05) is 13.8 Å². The summed E-state index contributed by atoms with van der Waals surface area (Å²) in [6.07, 6.45) is 4.79. The molecule has 0 aliphatic rings. The first-order chi connectivity index (χ1) is 11.6. The van der Waals surface area contributed by atoms with Crippen LogP contribution in [0, 0.1) is 11.8 Å². The van der Waals surface area contributed by atoms with Gasteiger partial charge in [-0.15, -0.1) is 0 Å². The molecule has 0 radical (unpaired) electrons. The van der Waals surface area contributed by atoms with E-state index in [0.29, 0.717) is 30.5 Å². The van der Waals surface area contributed by atoms with Gasteiger partial charge < -0.3 is 20.2 Å². The minimum atomic E-state index is -0.245. The Hall–Kier alpha value is -2.34. The lowest BCUT2D eigenvalue weighted by Gasteiger charge is -2.18. The number of carbonyl (C=O) groups excluding carboxylic acids is 1. The van der Waals surface area contributed by atoms with Gasteiger partial charge in [-0.3, -0.25) is 0 Å². The lowest BCUT2D eigenvalue weighted by Crippen LogP contribution is -2.33. The van der Waals surface area contributed by atoms with E-state index < -0.39 is 0 Å². The molecule has 0 aliphatic heterocycles. The van der Waals surface area contributed by atoms with E-state index in [1.54, 1.807) is 18.3 Å². The maximum absolute atomic E-state index is 12.0. The molecule has 130 valence electrons. The molecule has 1 aromatic carbocycles. The van der Waals surface area contributed by atoms with Crippen LogP contribution in [0.2, 0.25) is 0 Å². The molecular weight excluding hydrogens is 306 g/mol. The molecule has 1 atom stereocenters. The standard InChI is InChI=1S/C18H25N3O3/c1-13(2)11-14(7-9-22)12-20-18(23)21-16-5-3-15(4-6-16)17-19-8-10-24-17/h3-6,8,10,13-14,22H,7,9,11-12H2,1-2H3,(H2,20,21,23). The summed E-state index contributed by atoms with van der Waals surface area (Å²) in [7, 11) is 0. The molecule has 0 saturated heterocycles. The minimum absolute atomic E-state index is 0.142. The molecule has 24 heavy (non-hydrogen) atoms. The molecule has 0 bridgehead atoms. The van der Waals surface area contributed by atoms with Crippen molar-refractivity contribution in [1.82, 2.24) is 10.3 Å².